The van der Waals surface area contributed by atoms with Crippen LogP contribution < -0.4 is 10.1 Å². The molecule has 2 unspecified atom stereocenters. The van der Waals surface area contributed by atoms with E-state index in [0.717, 1.165) is 18.4 Å². The average Bonchev–Trinajstić information content (AvgIpc) is 3.63. The number of rotatable bonds is 11. The fourth-order valence-corrected chi connectivity index (χ4v) is 5.55. The van der Waals surface area contributed by atoms with Gasteiger partial charge >= 0.3 is 6.09 Å². The number of ether oxygens (including phenoxy) is 2. The first-order valence-electron chi connectivity index (χ1n) is 11.8. The lowest BCUT2D eigenvalue weighted by atomic mass is 10.0. The van der Waals surface area contributed by atoms with Crippen molar-refractivity contribution in [3.63, 3.8) is 0 Å². The number of benzene rings is 2. The van der Waals surface area contributed by atoms with E-state index in [-0.39, 0.29) is 23.8 Å². The Labute approximate surface area is 208 Å². The van der Waals surface area contributed by atoms with Crippen LogP contribution in [-0.2, 0) is 21.2 Å². The summed E-state index contributed by atoms with van der Waals surface area (Å²) in [5, 5.41) is 13.8. The molecule has 35 heavy (non-hydrogen) atoms. The van der Waals surface area contributed by atoms with Crippen LogP contribution in [0.25, 0.3) is 0 Å². The summed E-state index contributed by atoms with van der Waals surface area (Å²) in [6, 6.07) is 15.0. The van der Waals surface area contributed by atoms with E-state index in [2.05, 4.69) is 5.32 Å². The molecule has 0 saturated heterocycles. The van der Waals surface area contributed by atoms with Crippen molar-refractivity contribution in [3.05, 3.63) is 60.2 Å². The Bertz CT molecular complexity index is 1080. The van der Waals surface area contributed by atoms with Gasteiger partial charge in [0.2, 0.25) is 10.0 Å². The lowest BCUT2D eigenvalue weighted by molar-refractivity contribution is 0.0436. The molecule has 0 heterocycles. The van der Waals surface area contributed by atoms with Gasteiger partial charge < -0.3 is 19.9 Å². The second-order valence-corrected chi connectivity index (χ2v) is 11.8. The minimum atomic E-state index is -3.97. The van der Waals surface area contributed by atoms with Crippen molar-refractivity contribution >= 4 is 16.1 Å². The molecule has 2 aromatic rings. The molecule has 1 saturated carbocycles. The third-order valence-corrected chi connectivity index (χ3v) is 7.63. The van der Waals surface area contributed by atoms with Gasteiger partial charge in [0, 0.05) is 19.2 Å². The van der Waals surface area contributed by atoms with Crippen molar-refractivity contribution in [1.29, 1.82) is 0 Å². The van der Waals surface area contributed by atoms with Crippen LogP contribution in [0.2, 0.25) is 0 Å². The number of hydrogen-bond donors (Lipinski definition) is 2. The topological polar surface area (TPSA) is 105 Å². The van der Waals surface area contributed by atoms with Gasteiger partial charge in [0.05, 0.1) is 24.2 Å². The standard InChI is InChI=1S/C26H36N2O6S/c1-26(2,3)34-25(30)27-17-24(29)23(15-19-9-6-5-7-10-19)28(18-20-13-14-20)35(31,32)22-12-8-11-21(16-22)33-4/h5-12,16,20,23-24,29H,13-15,17-18H2,1-4H3,(H,27,30). The second-order valence-electron chi connectivity index (χ2n) is 9.90. The minimum Gasteiger partial charge on any atom is -0.497 e. The van der Waals surface area contributed by atoms with Crippen molar-refractivity contribution in [2.45, 2.75) is 62.7 Å². The predicted octanol–water partition coefficient (Wildman–Crippen LogP) is 3.59. The molecule has 3 rings (SSSR count). The monoisotopic (exact) mass is 504 g/mol. The van der Waals surface area contributed by atoms with E-state index in [1.54, 1.807) is 32.9 Å². The van der Waals surface area contributed by atoms with Crippen LogP contribution in [-0.4, -0.2) is 61.9 Å². The van der Waals surface area contributed by atoms with Crippen molar-refractivity contribution in [2.24, 2.45) is 5.92 Å². The third-order valence-electron chi connectivity index (χ3n) is 5.74. The molecular weight excluding hydrogens is 468 g/mol. The van der Waals surface area contributed by atoms with Gasteiger partial charge in [-0.05, 0) is 63.6 Å². The van der Waals surface area contributed by atoms with Gasteiger partial charge in [-0.25, -0.2) is 13.2 Å². The van der Waals surface area contributed by atoms with Crippen LogP contribution in [0.4, 0.5) is 4.79 Å². The predicted molar refractivity (Wildman–Crippen MR) is 134 cm³/mol. The Kier molecular flexibility index (Phi) is 8.79. The summed E-state index contributed by atoms with van der Waals surface area (Å²) in [6.07, 6.45) is 0.331. The number of nitrogens with zero attached hydrogens (tertiary/aromatic N) is 1. The first kappa shape index (κ1) is 27.0. The Morgan fingerprint density at radius 2 is 1.83 bits per heavy atom. The van der Waals surface area contributed by atoms with E-state index in [0.29, 0.717) is 12.3 Å². The summed E-state index contributed by atoms with van der Waals surface area (Å²) in [5.41, 5.74) is 0.196. The smallest absolute Gasteiger partial charge is 0.407 e. The molecule has 0 aromatic heterocycles. The Morgan fingerprint density at radius 3 is 2.43 bits per heavy atom. The Morgan fingerprint density at radius 1 is 1.14 bits per heavy atom. The molecule has 2 aromatic carbocycles. The number of aliphatic hydroxyl groups is 1. The number of nitrogens with one attached hydrogen (secondary N) is 1. The number of carbonyl (C=O) groups is 1. The highest BCUT2D eigenvalue weighted by Crippen LogP contribution is 2.34. The molecule has 1 aliphatic carbocycles. The fraction of sp³-hybridized carbons (Fsp3) is 0.500. The first-order valence-corrected chi connectivity index (χ1v) is 13.3. The molecule has 8 nitrogen and oxygen atoms in total. The van der Waals surface area contributed by atoms with Crippen LogP contribution in [0.3, 0.4) is 0 Å². The zero-order valence-electron chi connectivity index (χ0n) is 20.8. The van der Waals surface area contributed by atoms with Crippen molar-refractivity contribution in [2.75, 3.05) is 20.2 Å². The normalized spacial score (nSPS) is 15.9. The van der Waals surface area contributed by atoms with Crippen molar-refractivity contribution in [3.8, 4) is 5.75 Å². The lowest BCUT2D eigenvalue weighted by Gasteiger charge is -2.34. The number of aliphatic hydroxyl groups excluding tert-OH is 1. The van der Waals surface area contributed by atoms with E-state index in [4.69, 9.17) is 9.47 Å². The summed E-state index contributed by atoms with van der Waals surface area (Å²) in [4.78, 5) is 12.3. The van der Waals surface area contributed by atoms with Crippen molar-refractivity contribution in [1.82, 2.24) is 9.62 Å². The molecule has 9 heteroatoms. The average molecular weight is 505 g/mol. The van der Waals surface area contributed by atoms with Gasteiger partial charge in [-0.15, -0.1) is 0 Å². The summed E-state index contributed by atoms with van der Waals surface area (Å²) in [5.74, 6) is 0.670. The quantitative estimate of drug-likeness (QED) is 0.485. The van der Waals surface area contributed by atoms with Gasteiger partial charge in [0.25, 0.3) is 0 Å². The van der Waals surface area contributed by atoms with Gasteiger partial charge in [0.1, 0.15) is 11.4 Å². The lowest BCUT2D eigenvalue weighted by Crippen LogP contribution is -2.52. The third kappa shape index (κ3) is 7.95. The summed E-state index contributed by atoms with van der Waals surface area (Å²) >= 11 is 0. The molecule has 0 radical (unpaired) electrons. The fourth-order valence-electron chi connectivity index (χ4n) is 3.79. The molecule has 2 atom stereocenters. The molecule has 0 bridgehead atoms. The number of methoxy groups -OCH3 is 1. The maximum absolute atomic E-state index is 13.9. The number of alkyl carbamates (subject to hydrolysis) is 1. The van der Waals surface area contributed by atoms with Crippen LogP contribution in [0.1, 0.15) is 39.2 Å². The van der Waals surface area contributed by atoms with Crippen molar-refractivity contribution < 1.29 is 27.8 Å². The van der Waals surface area contributed by atoms with Crippen LogP contribution in [0.5, 0.6) is 5.75 Å². The van der Waals surface area contributed by atoms with E-state index < -0.39 is 33.9 Å². The minimum absolute atomic E-state index is 0.0999. The molecule has 192 valence electrons. The van der Waals surface area contributed by atoms with E-state index >= 15 is 0 Å². The molecule has 1 amide bonds. The van der Waals surface area contributed by atoms with Crippen LogP contribution in [0.15, 0.2) is 59.5 Å². The summed E-state index contributed by atoms with van der Waals surface area (Å²) in [6.45, 7) is 5.39. The number of hydrogen-bond acceptors (Lipinski definition) is 6. The van der Waals surface area contributed by atoms with Gasteiger partial charge in [-0.3, -0.25) is 0 Å². The highest BCUT2D eigenvalue weighted by atomic mass is 32.2. The maximum Gasteiger partial charge on any atom is 0.407 e. The first-order chi connectivity index (χ1) is 16.5. The largest absolute Gasteiger partial charge is 0.497 e. The second kappa shape index (κ2) is 11.4. The molecule has 1 aliphatic rings. The molecule has 0 aliphatic heterocycles. The highest BCUT2D eigenvalue weighted by molar-refractivity contribution is 7.89. The molecule has 2 N–H and O–H groups in total. The SMILES string of the molecule is COc1cccc(S(=O)(=O)N(CC2CC2)C(Cc2ccccc2)C(O)CNC(=O)OC(C)(C)C)c1. The maximum atomic E-state index is 13.9. The number of sulfonamides is 1. The Hall–Kier alpha value is -2.62. The van der Waals surface area contributed by atoms with Crippen LogP contribution >= 0.6 is 0 Å². The van der Waals surface area contributed by atoms with E-state index in [1.807, 2.05) is 30.3 Å². The number of amides is 1. The van der Waals surface area contributed by atoms with Gasteiger partial charge in [-0.2, -0.15) is 4.31 Å². The number of carbonyl (C=O) groups excluding carboxylic acids is 1. The molecular formula is C26H36N2O6S. The zero-order chi connectivity index (χ0) is 25.6. The van der Waals surface area contributed by atoms with Gasteiger partial charge in [-0.1, -0.05) is 36.4 Å². The zero-order valence-corrected chi connectivity index (χ0v) is 21.6. The molecule has 0 spiro atoms. The van der Waals surface area contributed by atoms with Crippen LogP contribution in [0, 0.1) is 5.92 Å². The van der Waals surface area contributed by atoms with E-state index in [1.165, 1.54) is 23.5 Å². The highest BCUT2D eigenvalue weighted by Gasteiger charge is 2.39. The summed E-state index contributed by atoms with van der Waals surface area (Å²) in [7, 11) is -2.49. The van der Waals surface area contributed by atoms with Gasteiger partial charge in [0.15, 0.2) is 0 Å². The molecule has 1 fully saturated rings. The summed E-state index contributed by atoms with van der Waals surface area (Å²) < 4.78 is 39.7. The Balaban J connectivity index is 1.92. The van der Waals surface area contributed by atoms with E-state index in [9.17, 15) is 18.3 Å².